The molecule has 2 aliphatic heterocycles. The summed E-state index contributed by atoms with van der Waals surface area (Å²) in [7, 11) is 0. The van der Waals surface area contributed by atoms with Crippen LogP contribution < -0.4 is 0 Å². The molecule has 1 fully saturated rings. The van der Waals surface area contributed by atoms with E-state index < -0.39 is 17.5 Å². The quantitative estimate of drug-likeness (QED) is 0.650. The van der Waals surface area contributed by atoms with Gasteiger partial charge in [0.25, 0.3) is 17.7 Å². The SMILES string of the molecule is Cc1ccc2c(c1)C(=O)N(CCCC(=O)N1CCN(C(=O)c3ccc(F)c(F)c3)CC1)C2=O. The van der Waals surface area contributed by atoms with Gasteiger partial charge in [0.1, 0.15) is 0 Å². The summed E-state index contributed by atoms with van der Waals surface area (Å²) < 4.78 is 26.5. The van der Waals surface area contributed by atoms with E-state index >= 15 is 0 Å². The first-order valence-electron chi connectivity index (χ1n) is 10.7. The van der Waals surface area contributed by atoms with Crippen molar-refractivity contribution in [1.29, 1.82) is 0 Å². The summed E-state index contributed by atoms with van der Waals surface area (Å²) in [5, 5.41) is 0. The molecule has 4 amide bonds. The number of halogens is 2. The zero-order valence-corrected chi connectivity index (χ0v) is 18.1. The van der Waals surface area contributed by atoms with Crippen LogP contribution in [0.2, 0.25) is 0 Å². The van der Waals surface area contributed by atoms with Crippen LogP contribution in [0.4, 0.5) is 8.78 Å². The third kappa shape index (κ3) is 4.48. The summed E-state index contributed by atoms with van der Waals surface area (Å²) in [5.74, 6) is -3.31. The second kappa shape index (κ2) is 9.09. The normalized spacial score (nSPS) is 15.8. The fourth-order valence-corrected chi connectivity index (χ4v) is 4.12. The summed E-state index contributed by atoms with van der Waals surface area (Å²) in [6.45, 7) is 3.21. The number of nitrogens with zero attached hydrogens (tertiary/aromatic N) is 3. The number of hydrogen-bond acceptors (Lipinski definition) is 4. The van der Waals surface area contributed by atoms with Gasteiger partial charge in [0.2, 0.25) is 5.91 Å². The van der Waals surface area contributed by atoms with Gasteiger partial charge in [0.15, 0.2) is 11.6 Å². The minimum absolute atomic E-state index is 0.0600. The number of carbonyl (C=O) groups excluding carboxylic acids is 4. The average molecular weight is 455 g/mol. The van der Waals surface area contributed by atoms with E-state index in [0.717, 1.165) is 17.7 Å². The van der Waals surface area contributed by atoms with Gasteiger partial charge < -0.3 is 9.80 Å². The Bertz CT molecular complexity index is 1140. The van der Waals surface area contributed by atoms with Crippen LogP contribution in [0.25, 0.3) is 0 Å². The molecular formula is C24H23F2N3O4. The highest BCUT2D eigenvalue weighted by Gasteiger charge is 2.35. The van der Waals surface area contributed by atoms with Crippen molar-refractivity contribution in [1.82, 2.24) is 14.7 Å². The predicted octanol–water partition coefficient (Wildman–Crippen LogP) is 2.63. The summed E-state index contributed by atoms with van der Waals surface area (Å²) in [6.07, 6.45) is 0.515. The highest BCUT2D eigenvalue weighted by atomic mass is 19.2. The minimum atomic E-state index is -1.08. The van der Waals surface area contributed by atoms with E-state index in [1.54, 1.807) is 23.1 Å². The van der Waals surface area contributed by atoms with Crippen LogP contribution >= 0.6 is 0 Å². The first-order valence-corrected chi connectivity index (χ1v) is 10.7. The van der Waals surface area contributed by atoms with E-state index in [4.69, 9.17) is 0 Å². The fourth-order valence-electron chi connectivity index (χ4n) is 4.12. The number of aryl methyl sites for hydroxylation is 1. The van der Waals surface area contributed by atoms with Gasteiger partial charge in [-0.25, -0.2) is 8.78 Å². The van der Waals surface area contributed by atoms with E-state index in [-0.39, 0.29) is 49.3 Å². The summed E-state index contributed by atoms with van der Waals surface area (Å²) >= 11 is 0. The van der Waals surface area contributed by atoms with Crippen molar-refractivity contribution in [2.75, 3.05) is 32.7 Å². The van der Waals surface area contributed by atoms with Gasteiger partial charge in [0, 0.05) is 44.7 Å². The van der Waals surface area contributed by atoms with Crippen LogP contribution in [-0.2, 0) is 4.79 Å². The number of hydrogen-bond donors (Lipinski definition) is 0. The molecule has 2 heterocycles. The number of carbonyl (C=O) groups is 4. The summed E-state index contributed by atoms with van der Waals surface area (Å²) in [6, 6.07) is 8.15. The Morgan fingerprint density at radius 2 is 1.52 bits per heavy atom. The monoisotopic (exact) mass is 455 g/mol. The van der Waals surface area contributed by atoms with Crippen molar-refractivity contribution in [3.05, 3.63) is 70.3 Å². The molecule has 0 N–H and O–H groups in total. The smallest absolute Gasteiger partial charge is 0.261 e. The van der Waals surface area contributed by atoms with Gasteiger partial charge in [-0.15, -0.1) is 0 Å². The summed E-state index contributed by atoms with van der Waals surface area (Å²) in [5.41, 5.74) is 1.74. The molecule has 0 radical (unpaired) electrons. The molecule has 0 aromatic heterocycles. The Morgan fingerprint density at radius 1 is 0.848 bits per heavy atom. The molecule has 2 aromatic rings. The van der Waals surface area contributed by atoms with Crippen molar-refractivity contribution in [2.24, 2.45) is 0 Å². The molecular weight excluding hydrogens is 432 g/mol. The first kappa shape index (κ1) is 22.6. The molecule has 2 aliphatic rings. The zero-order chi connectivity index (χ0) is 23.7. The van der Waals surface area contributed by atoms with Crippen LogP contribution in [-0.4, -0.2) is 71.1 Å². The Morgan fingerprint density at radius 3 is 2.21 bits per heavy atom. The van der Waals surface area contributed by atoms with Crippen molar-refractivity contribution >= 4 is 23.6 Å². The van der Waals surface area contributed by atoms with Gasteiger partial charge in [-0.2, -0.15) is 0 Å². The number of fused-ring (bicyclic) bond motifs is 1. The lowest BCUT2D eigenvalue weighted by Gasteiger charge is -2.35. The lowest BCUT2D eigenvalue weighted by molar-refractivity contribution is -0.132. The second-order valence-electron chi connectivity index (χ2n) is 8.22. The molecule has 33 heavy (non-hydrogen) atoms. The van der Waals surface area contributed by atoms with Crippen LogP contribution in [0, 0.1) is 18.6 Å². The van der Waals surface area contributed by atoms with Gasteiger partial charge in [-0.1, -0.05) is 11.6 Å². The van der Waals surface area contributed by atoms with Crippen LogP contribution in [0.5, 0.6) is 0 Å². The average Bonchev–Trinajstić information content (AvgIpc) is 3.04. The Balaban J connectivity index is 1.25. The fraction of sp³-hybridized carbons (Fsp3) is 0.333. The van der Waals surface area contributed by atoms with E-state index in [1.807, 2.05) is 6.92 Å². The number of rotatable bonds is 5. The van der Waals surface area contributed by atoms with Crippen LogP contribution in [0.15, 0.2) is 36.4 Å². The molecule has 7 nitrogen and oxygen atoms in total. The molecule has 172 valence electrons. The van der Waals surface area contributed by atoms with Crippen molar-refractivity contribution in [3.8, 4) is 0 Å². The lowest BCUT2D eigenvalue weighted by Crippen LogP contribution is -2.50. The third-order valence-corrected chi connectivity index (χ3v) is 5.98. The van der Waals surface area contributed by atoms with Crippen LogP contribution in [0.3, 0.4) is 0 Å². The number of amides is 4. The minimum Gasteiger partial charge on any atom is -0.339 e. The van der Waals surface area contributed by atoms with Gasteiger partial charge in [-0.3, -0.25) is 24.1 Å². The maximum absolute atomic E-state index is 13.4. The molecule has 2 aromatic carbocycles. The van der Waals surface area contributed by atoms with Gasteiger partial charge in [-0.05, 0) is 43.7 Å². The maximum atomic E-state index is 13.4. The Kier molecular flexibility index (Phi) is 6.22. The van der Waals surface area contributed by atoms with Crippen molar-refractivity contribution in [3.63, 3.8) is 0 Å². The van der Waals surface area contributed by atoms with E-state index in [0.29, 0.717) is 30.6 Å². The molecule has 0 saturated carbocycles. The highest BCUT2D eigenvalue weighted by molar-refractivity contribution is 6.21. The second-order valence-corrected chi connectivity index (χ2v) is 8.22. The predicted molar refractivity (Wildman–Crippen MR) is 115 cm³/mol. The van der Waals surface area contributed by atoms with Crippen molar-refractivity contribution < 1.29 is 28.0 Å². The maximum Gasteiger partial charge on any atom is 0.261 e. The molecule has 0 unspecified atom stereocenters. The molecule has 0 bridgehead atoms. The molecule has 0 aliphatic carbocycles. The van der Waals surface area contributed by atoms with E-state index in [1.165, 1.54) is 15.9 Å². The summed E-state index contributed by atoms with van der Waals surface area (Å²) in [4.78, 5) is 54.4. The number of benzene rings is 2. The largest absolute Gasteiger partial charge is 0.339 e. The third-order valence-electron chi connectivity index (χ3n) is 5.98. The molecule has 0 spiro atoms. The first-order chi connectivity index (χ1) is 15.8. The Labute approximate surface area is 189 Å². The van der Waals surface area contributed by atoms with E-state index in [9.17, 15) is 28.0 Å². The number of imide groups is 1. The number of piperazine rings is 1. The molecule has 1 saturated heterocycles. The topological polar surface area (TPSA) is 78.0 Å². The lowest BCUT2D eigenvalue weighted by atomic mass is 10.1. The van der Waals surface area contributed by atoms with Crippen LogP contribution in [0.1, 0.15) is 49.5 Å². The van der Waals surface area contributed by atoms with Crippen molar-refractivity contribution in [2.45, 2.75) is 19.8 Å². The highest BCUT2D eigenvalue weighted by Crippen LogP contribution is 2.24. The van der Waals surface area contributed by atoms with E-state index in [2.05, 4.69) is 0 Å². The van der Waals surface area contributed by atoms with Gasteiger partial charge in [0.05, 0.1) is 11.1 Å². The molecule has 4 rings (SSSR count). The van der Waals surface area contributed by atoms with Gasteiger partial charge >= 0.3 is 0 Å². The molecule has 0 atom stereocenters. The molecule has 9 heteroatoms. The standard InChI is InChI=1S/C24H23F2N3O4/c1-15-4-6-17-18(13-15)24(33)29(23(17)32)8-2-3-21(30)27-9-11-28(12-10-27)22(31)16-5-7-19(25)20(26)14-16/h4-7,13-14H,2-3,8-12H2,1H3. The Hall–Kier alpha value is -3.62. The zero-order valence-electron chi connectivity index (χ0n) is 18.1.